The van der Waals surface area contributed by atoms with Gasteiger partial charge in [-0.25, -0.2) is 0 Å². The third kappa shape index (κ3) is 2.70. The average molecular weight is 253 g/mol. The number of carbonyl (C=O) groups excluding carboxylic acids is 1. The molecule has 0 aliphatic carbocycles. The van der Waals surface area contributed by atoms with Crippen LogP contribution in [-0.2, 0) is 11.3 Å². The van der Waals surface area contributed by atoms with Crippen LogP contribution in [0.4, 0.5) is 0 Å². The number of aryl methyl sites for hydroxylation is 2. The van der Waals surface area contributed by atoms with E-state index in [1.54, 1.807) is 10.7 Å². The maximum Gasteiger partial charge on any atom is 0.269 e. The van der Waals surface area contributed by atoms with E-state index in [0.29, 0.717) is 25.3 Å². The van der Waals surface area contributed by atoms with E-state index >= 15 is 0 Å². The fourth-order valence-electron chi connectivity index (χ4n) is 2.04. The van der Waals surface area contributed by atoms with Crippen molar-refractivity contribution in [2.75, 3.05) is 19.8 Å². The molecule has 0 spiro atoms. The molecule has 1 unspecified atom stereocenters. The number of amides is 1. The Hall–Kier alpha value is -1.40. The average Bonchev–Trinajstić information content (AvgIpc) is 2.93. The molecule has 1 amide bonds. The molecule has 1 fully saturated rings. The van der Waals surface area contributed by atoms with E-state index in [0.717, 1.165) is 5.69 Å². The van der Waals surface area contributed by atoms with Crippen molar-refractivity contribution in [2.45, 2.75) is 32.4 Å². The second kappa shape index (κ2) is 5.07. The smallest absolute Gasteiger partial charge is 0.269 e. The highest BCUT2D eigenvalue weighted by atomic mass is 16.5. The third-order valence-electron chi connectivity index (χ3n) is 3.09. The predicted octanol–water partition coefficient (Wildman–Crippen LogP) is 0.0926. The molecule has 100 valence electrons. The van der Waals surface area contributed by atoms with Gasteiger partial charge in [0.15, 0.2) is 0 Å². The highest BCUT2D eigenvalue weighted by Crippen LogP contribution is 2.17. The molecule has 1 saturated heterocycles. The van der Waals surface area contributed by atoms with Crippen molar-refractivity contribution in [3.05, 3.63) is 17.5 Å². The zero-order valence-electron chi connectivity index (χ0n) is 10.8. The van der Waals surface area contributed by atoms with E-state index < -0.39 is 5.60 Å². The normalized spacial score (nSPS) is 23.3. The molecule has 0 saturated carbocycles. The predicted molar refractivity (Wildman–Crippen MR) is 65.4 cm³/mol. The maximum atomic E-state index is 12.0. The van der Waals surface area contributed by atoms with E-state index in [9.17, 15) is 9.90 Å². The van der Waals surface area contributed by atoms with Crippen molar-refractivity contribution in [1.82, 2.24) is 15.1 Å². The molecule has 1 aliphatic heterocycles. The van der Waals surface area contributed by atoms with Gasteiger partial charge in [-0.3, -0.25) is 9.48 Å². The zero-order valence-corrected chi connectivity index (χ0v) is 10.8. The molecule has 1 aliphatic rings. The van der Waals surface area contributed by atoms with E-state index in [1.165, 1.54) is 0 Å². The minimum absolute atomic E-state index is 0.208. The van der Waals surface area contributed by atoms with Crippen molar-refractivity contribution < 1.29 is 14.6 Å². The van der Waals surface area contributed by atoms with Crippen molar-refractivity contribution in [3.63, 3.8) is 0 Å². The van der Waals surface area contributed by atoms with Gasteiger partial charge < -0.3 is 15.2 Å². The largest absolute Gasteiger partial charge is 0.386 e. The third-order valence-corrected chi connectivity index (χ3v) is 3.09. The van der Waals surface area contributed by atoms with Gasteiger partial charge in [0.2, 0.25) is 0 Å². The molecule has 2 heterocycles. The molecule has 2 N–H and O–H groups in total. The summed E-state index contributed by atoms with van der Waals surface area (Å²) in [7, 11) is 0. The Labute approximate surface area is 106 Å². The number of aromatic nitrogens is 2. The summed E-state index contributed by atoms with van der Waals surface area (Å²) < 4.78 is 6.78. The molecule has 0 radical (unpaired) electrons. The van der Waals surface area contributed by atoms with Crippen molar-refractivity contribution in [3.8, 4) is 0 Å². The summed E-state index contributed by atoms with van der Waals surface area (Å²) in [5.74, 6) is -0.210. The van der Waals surface area contributed by atoms with Crippen molar-refractivity contribution in [1.29, 1.82) is 0 Å². The molecule has 1 atom stereocenters. The monoisotopic (exact) mass is 253 g/mol. The summed E-state index contributed by atoms with van der Waals surface area (Å²) in [6, 6.07) is 1.74. The topological polar surface area (TPSA) is 76.4 Å². The minimum atomic E-state index is -0.929. The van der Waals surface area contributed by atoms with Gasteiger partial charge in [0.05, 0.1) is 12.3 Å². The molecular formula is C12H19N3O3. The quantitative estimate of drug-likeness (QED) is 0.797. The standard InChI is InChI=1S/C12H19N3O3/c1-3-15-10(6-9(2)14-15)11(16)13-7-12(17)4-5-18-8-12/h6,17H,3-5,7-8H2,1-2H3,(H,13,16). The first-order valence-electron chi connectivity index (χ1n) is 6.17. The van der Waals surface area contributed by atoms with Gasteiger partial charge in [-0.2, -0.15) is 5.10 Å². The molecule has 6 heteroatoms. The second-order valence-electron chi connectivity index (χ2n) is 4.70. The van der Waals surface area contributed by atoms with Crippen LogP contribution in [0.25, 0.3) is 0 Å². The molecule has 0 bridgehead atoms. The van der Waals surface area contributed by atoms with Gasteiger partial charge in [0.25, 0.3) is 5.91 Å². The highest BCUT2D eigenvalue weighted by Gasteiger charge is 2.32. The molecule has 18 heavy (non-hydrogen) atoms. The Bertz CT molecular complexity index is 436. The van der Waals surface area contributed by atoms with Crippen LogP contribution < -0.4 is 5.32 Å². The number of ether oxygens (including phenoxy) is 1. The van der Waals surface area contributed by atoms with Gasteiger partial charge in [-0.1, -0.05) is 0 Å². The van der Waals surface area contributed by atoms with Crippen LogP contribution in [-0.4, -0.2) is 46.2 Å². The maximum absolute atomic E-state index is 12.0. The minimum Gasteiger partial charge on any atom is -0.386 e. The number of rotatable bonds is 4. The van der Waals surface area contributed by atoms with Crippen molar-refractivity contribution in [2.24, 2.45) is 0 Å². The van der Waals surface area contributed by atoms with Crippen LogP contribution in [0.15, 0.2) is 6.07 Å². The lowest BCUT2D eigenvalue weighted by molar-refractivity contribution is 0.0263. The van der Waals surface area contributed by atoms with Crippen LogP contribution in [0.2, 0.25) is 0 Å². The molecular weight excluding hydrogens is 234 g/mol. The summed E-state index contributed by atoms with van der Waals surface area (Å²) in [4.78, 5) is 12.0. The highest BCUT2D eigenvalue weighted by molar-refractivity contribution is 5.92. The second-order valence-corrected chi connectivity index (χ2v) is 4.70. The Balaban J connectivity index is 1.99. The first kappa shape index (κ1) is 13.0. The lowest BCUT2D eigenvalue weighted by atomic mass is 10.0. The van der Waals surface area contributed by atoms with Crippen molar-refractivity contribution >= 4 is 5.91 Å². The summed E-state index contributed by atoms with van der Waals surface area (Å²) in [6.07, 6.45) is 0.555. The van der Waals surface area contributed by atoms with Crippen LogP contribution in [0.5, 0.6) is 0 Å². The fraction of sp³-hybridized carbons (Fsp3) is 0.667. The molecule has 1 aromatic rings. The number of hydrogen-bond acceptors (Lipinski definition) is 4. The van der Waals surface area contributed by atoms with Gasteiger partial charge in [0.1, 0.15) is 11.3 Å². The Kier molecular flexibility index (Phi) is 3.68. The Morgan fingerprint density at radius 1 is 1.72 bits per heavy atom. The van der Waals surface area contributed by atoms with E-state index in [4.69, 9.17) is 4.74 Å². The first-order chi connectivity index (χ1) is 8.54. The lowest BCUT2D eigenvalue weighted by Gasteiger charge is -2.20. The Morgan fingerprint density at radius 2 is 2.50 bits per heavy atom. The van der Waals surface area contributed by atoms with Crippen LogP contribution in [0, 0.1) is 6.92 Å². The van der Waals surface area contributed by atoms with Gasteiger partial charge in [-0.15, -0.1) is 0 Å². The molecule has 6 nitrogen and oxygen atoms in total. The molecule has 2 rings (SSSR count). The van der Waals surface area contributed by atoms with Gasteiger partial charge in [0, 0.05) is 26.1 Å². The SMILES string of the molecule is CCn1nc(C)cc1C(=O)NCC1(O)CCOC1. The van der Waals surface area contributed by atoms with Gasteiger partial charge >= 0.3 is 0 Å². The summed E-state index contributed by atoms with van der Waals surface area (Å²) in [6.45, 7) is 5.45. The number of nitrogens with one attached hydrogen (secondary N) is 1. The number of carbonyl (C=O) groups is 1. The van der Waals surface area contributed by atoms with E-state index in [1.807, 2.05) is 13.8 Å². The number of aliphatic hydroxyl groups is 1. The number of nitrogens with zero attached hydrogens (tertiary/aromatic N) is 2. The van der Waals surface area contributed by atoms with Crippen LogP contribution >= 0.6 is 0 Å². The van der Waals surface area contributed by atoms with Crippen LogP contribution in [0.3, 0.4) is 0 Å². The lowest BCUT2D eigenvalue weighted by Crippen LogP contribution is -2.43. The number of hydrogen-bond donors (Lipinski definition) is 2. The molecule has 1 aromatic heterocycles. The van der Waals surface area contributed by atoms with Crippen LogP contribution in [0.1, 0.15) is 29.5 Å². The summed E-state index contributed by atoms with van der Waals surface area (Å²) >= 11 is 0. The van der Waals surface area contributed by atoms with E-state index in [2.05, 4.69) is 10.4 Å². The first-order valence-corrected chi connectivity index (χ1v) is 6.17. The summed E-state index contributed by atoms with van der Waals surface area (Å²) in [5.41, 5.74) is 0.407. The van der Waals surface area contributed by atoms with Gasteiger partial charge in [-0.05, 0) is 19.9 Å². The Morgan fingerprint density at radius 3 is 3.11 bits per heavy atom. The summed E-state index contributed by atoms with van der Waals surface area (Å²) in [5, 5.41) is 17.0. The molecule has 0 aromatic carbocycles. The fourth-order valence-corrected chi connectivity index (χ4v) is 2.04. The zero-order chi connectivity index (χ0) is 13.2. The van der Waals surface area contributed by atoms with E-state index in [-0.39, 0.29) is 19.1 Å².